The Labute approximate surface area is 138 Å². The molecule has 2 heterocycles. The summed E-state index contributed by atoms with van der Waals surface area (Å²) >= 11 is 0. The first kappa shape index (κ1) is 16.6. The molecular formula is C14H11F3N4O4. The van der Waals surface area contributed by atoms with E-state index in [9.17, 15) is 22.8 Å². The fraction of sp³-hybridized carbons (Fsp3) is 0.214. The number of carbonyl (C=O) groups is 2. The number of aromatic nitrogens is 2. The van der Waals surface area contributed by atoms with Gasteiger partial charge in [-0.05, 0) is 12.1 Å². The average molecular weight is 356 g/mol. The van der Waals surface area contributed by atoms with Gasteiger partial charge >= 0.3 is 12.4 Å². The summed E-state index contributed by atoms with van der Waals surface area (Å²) in [6.45, 7) is -0.0854. The minimum absolute atomic E-state index is 0.00560. The molecule has 8 nitrogen and oxygen atoms in total. The summed E-state index contributed by atoms with van der Waals surface area (Å²) in [5.74, 6) is -1.43. The molecule has 2 aromatic rings. The first-order valence-electron chi connectivity index (χ1n) is 6.90. The van der Waals surface area contributed by atoms with Crippen LogP contribution in [-0.2, 0) is 4.79 Å². The van der Waals surface area contributed by atoms with Crippen LogP contribution in [-0.4, -0.2) is 41.7 Å². The lowest BCUT2D eigenvalue weighted by molar-refractivity contribution is -0.274. The van der Waals surface area contributed by atoms with Gasteiger partial charge in [0, 0.05) is 13.1 Å². The smallest absolute Gasteiger partial charge is 0.425 e. The maximum Gasteiger partial charge on any atom is 0.573 e. The number of imide groups is 1. The first-order chi connectivity index (χ1) is 11.7. The summed E-state index contributed by atoms with van der Waals surface area (Å²) in [4.78, 5) is 31.4. The van der Waals surface area contributed by atoms with Crippen LogP contribution in [0.4, 0.5) is 19.0 Å². The topological polar surface area (TPSA) is 96.6 Å². The van der Waals surface area contributed by atoms with Crippen molar-refractivity contribution >= 4 is 17.6 Å². The molecule has 0 unspecified atom stereocenters. The molecule has 2 N–H and O–H groups in total. The van der Waals surface area contributed by atoms with Crippen LogP contribution in [0.5, 0.6) is 17.5 Å². The Kier molecular flexibility index (Phi) is 3.99. The van der Waals surface area contributed by atoms with Crippen LogP contribution >= 0.6 is 0 Å². The van der Waals surface area contributed by atoms with E-state index in [4.69, 9.17) is 4.74 Å². The zero-order valence-electron chi connectivity index (χ0n) is 12.7. The fourth-order valence-corrected chi connectivity index (χ4v) is 2.19. The highest BCUT2D eigenvalue weighted by Gasteiger charge is 2.31. The van der Waals surface area contributed by atoms with Crippen LogP contribution in [0, 0.1) is 0 Å². The predicted octanol–water partition coefficient (Wildman–Crippen LogP) is 1.81. The van der Waals surface area contributed by atoms with E-state index in [2.05, 4.69) is 20.0 Å². The van der Waals surface area contributed by atoms with E-state index >= 15 is 0 Å². The van der Waals surface area contributed by atoms with Crippen molar-refractivity contribution in [3.63, 3.8) is 0 Å². The van der Waals surface area contributed by atoms with Gasteiger partial charge in [-0.3, -0.25) is 14.9 Å². The third-order valence-electron chi connectivity index (χ3n) is 3.14. The number of alkyl halides is 3. The molecule has 1 aliphatic heterocycles. The number of nitrogens with one attached hydrogen (secondary N) is 2. The van der Waals surface area contributed by atoms with Crippen LogP contribution in [0.25, 0.3) is 0 Å². The molecule has 0 saturated carbocycles. The van der Waals surface area contributed by atoms with Gasteiger partial charge in [-0.2, -0.15) is 4.98 Å². The molecule has 1 aromatic carbocycles. The Hall–Kier alpha value is -3.24. The fourth-order valence-electron chi connectivity index (χ4n) is 2.19. The predicted molar refractivity (Wildman–Crippen MR) is 77.5 cm³/mol. The number of anilines is 1. The normalized spacial score (nSPS) is 14.6. The van der Waals surface area contributed by atoms with Gasteiger partial charge < -0.3 is 19.4 Å². The molecule has 0 radical (unpaired) electrons. The summed E-state index contributed by atoms with van der Waals surface area (Å²) < 4.78 is 45.9. The highest BCUT2D eigenvalue weighted by molar-refractivity contribution is 6.09. The summed E-state index contributed by atoms with van der Waals surface area (Å²) in [5, 5.41) is 2.15. The van der Waals surface area contributed by atoms with Crippen LogP contribution in [0.3, 0.4) is 0 Å². The summed E-state index contributed by atoms with van der Waals surface area (Å²) in [5.41, 5.74) is 0.00560. The monoisotopic (exact) mass is 356 g/mol. The molecule has 11 heteroatoms. The van der Waals surface area contributed by atoms with Crippen molar-refractivity contribution in [3.05, 3.63) is 30.0 Å². The van der Waals surface area contributed by atoms with E-state index < -0.39 is 23.9 Å². The van der Waals surface area contributed by atoms with E-state index in [1.165, 1.54) is 17.0 Å². The number of imidazole rings is 1. The maximum atomic E-state index is 12.3. The number of likely N-dealkylation sites (N-methyl/N-ethyl adjacent to an activating group) is 1. The molecule has 1 aliphatic rings. The molecule has 0 fully saturated rings. The second kappa shape index (κ2) is 6.00. The standard InChI is InChI=1S/C14H11F3N4O4/c1-21-6-9(22)18-12(23)10-11(21)20-13(19-10)24-7-3-2-4-8(5-7)25-14(15,16)17/h2-5H,6H2,1H3,(H,19,20)(H,18,22,23). The number of carbonyl (C=O) groups excluding carboxylic acids is 2. The minimum atomic E-state index is -4.83. The molecule has 0 spiro atoms. The van der Waals surface area contributed by atoms with Crippen molar-refractivity contribution in [1.82, 2.24) is 15.3 Å². The second-order valence-electron chi connectivity index (χ2n) is 5.10. The van der Waals surface area contributed by atoms with Crippen LogP contribution in [0.1, 0.15) is 10.5 Å². The molecular weight excluding hydrogens is 345 g/mol. The van der Waals surface area contributed by atoms with Gasteiger partial charge in [0.1, 0.15) is 11.5 Å². The zero-order chi connectivity index (χ0) is 18.2. The first-order valence-corrected chi connectivity index (χ1v) is 6.90. The molecule has 1 aromatic heterocycles. The van der Waals surface area contributed by atoms with Gasteiger partial charge in [-0.1, -0.05) is 6.07 Å². The summed E-state index contributed by atoms with van der Waals surface area (Å²) in [7, 11) is 1.55. The maximum absolute atomic E-state index is 12.3. The van der Waals surface area contributed by atoms with E-state index in [0.717, 1.165) is 12.1 Å². The number of fused-ring (bicyclic) bond motifs is 1. The van der Waals surface area contributed by atoms with Crippen molar-refractivity contribution < 1.29 is 32.2 Å². The number of nitrogens with zero attached hydrogens (tertiary/aromatic N) is 2. The molecule has 0 atom stereocenters. The highest BCUT2D eigenvalue weighted by Crippen LogP contribution is 2.29. The SMILES string of the molecule is CN1CC(=O)NC(=O)c2[nH]c(Oc3cccc(OC(F)(F)F)c3)nc21. The Balaban J connectivity index is 1.83. The lowest BCUT2D eigenvalue weighted by Gasteiger charge is -2.12. The van der Waals surface area contributed by atoms with Gasteiger partial charge in [-0.15, -0.1) is 13.2 Å². The Morgan fingerprint density at radius 2 is 1.96 bits per heavy atom. The van der Waals surface area contributed by atoms with E-state index in [1.54, 1.807) is 7.05 Å². The molecule has 25 heavy (non-hydrogen) atoms. The van der Waals surface area contributed by atoms with Gasteiger partial charge in [0.15, 0.2) is 11.5 Å². The number of rotatable bonds is 3. The van der Waals surface area contributed by atoms with Crippen molar-refractivity contribution in [1.29, 1.82) is 0 Å². The number of aromatic amines is 1. The van der Waals surface area contributed by atoms with Crippen molar-refractivity contribution in [2.75, 3.05) is 18.5 Å². The third-order valence-corrected chi connectivity index (χ3v) is 3.14. The number of H-pyrrole nitrogens is 1. The second-order valence-corrected chi connectivity index (χ2v) is 5.10. The van der Waals surface area contributed by atoms with E-state index in [0.29, 0.717) is 0 Å². The van der Waals surface area contributed by atoms with Gasteiger partial charge in [0.25, 0.3) is 5.91 Å². The van der Waals surface area contributed by atoms with Gasteiger partial charge in [0.05, 0.1) is 6.54 Å². The number of benzene rings is 1. The molecule has 0 saturated heterocycles. The largest absolute Gasteiger partial charge is 0.573 e. The number of hydrogen-bond acceptors (Lipinski definition) is 6. The van der Waals surface area contributed by atoms with E-state index in [-0.39, 0.29) is 29.8 Å². The Morgan fingerprint density at radius 1 is 1.24 bits per heavy atom. The third kappa shape index (κ3) is 3.82. The summed E-state index contributed by atoms with van der Waals surface area (Å²) in [6, 6.07) is 4.72. The van der Waals surface area contributed by atoms with Crippen molar-refractivity contribution in [3.8, 4) is 17.5 Å². The lowest BCUT2D eigenvalue weighted by Crippen LogP contribution is -2.34. The van der Waals surface area contributed by atoms with E-state index in [1.807, 2.05) is 0 Å². The zero-order valence-corrected chi connectivity index (χ0v) is 12.7. The summed E-state index contributed by atoms with van der Waals surface area (Å²) in [6.07, 6.45) is -4.83. The Morgan fingerprint density at radius 3 is 2.68 bits per heavy atom. The molecule has 132 valence electrons. The average Bonchev–Trinajstić information content (AvgIpc) is 2.85. The number of halogens is 3. The van der Waals surface area contributed by atoms with Crippen LogP contribution < -0.4 is 19.7 Å². The van der Waals surface area contributed by atoms with Crippen LogP contribution in [0.15, 0.2) is 24.3 Å². The highest BCUT2D eigenvalue weighted by atomic mass is 19.4. The molecule has 0 aliphatic carbocycles. The number of amides is 2. The van der Waals surface area contributed by atoms with Gasteiger partial charge in [-0.25, -0.2) is 0 Å². The van der Waals surface area contributed by atoms with Crippen LogP contribution in [0.2, 0.25) is 0 Å². The van der Waals surface area contributed by atoms with Crippen molar-refractivity contribution in [2.24, 2.45) is 0 Å². The molecule has 0 bridgehead atoms. The Bertz CT molecular complexity index is 834. The minimum Gasteiger partial charge on any atom is -0.425 e. The molecule has 3 rings (SSSR count). The van der Waals surface area contributed by atoms with Crippen molar-refractivity contribution in [2.45, 2.75) is 6.36 Å². The number of ether oxygens (including phenoxy) is 2. The number of hydrogen-bond donors (Lipinski definition) is 2. The quantitative estimate of drug-likeness (QED) is 0.815. The molecule has 2 amide bonds. The van der Waals surface area contributed by atoms with Gasteiger partial charge in [0.2, 0.25) is 5.91 Å². The lowest BCUT2D eigenvalue weighted by atomic mass is 10.3.